The van der Waals surface area contributed by atoms with Gasteiger partial charge in [-0.1, -0.05) is 18.2 Å². The lowest BCUT2D eigenvalue weighted by molar-refractivity contribution is -0.160. The van der Waals surface area contributed by atoms with Crippen LogP contribution in [0, 0.1) is 5.92 Å². The second-order valence-corrected chi connectivity index (χ2v) is 4.80. The lowest BCUT2D eigenvalue weighted by Gasteiger charge is -2.19. The summed E-state index contributed by atoms with van der Waals surface area (Å²) in [7, 11) is 0. The molecule has 1 aliphatic rings. The number of H-pyrrole nitrogens is 1. The van der Waals surface area contributed by atoms with Crippen molar-refractivity contribution in [2.45, 2.75) is 12.6 Å². The van der Waals surface area contributed by atoms with Crippen LogP contribution >= 0.6 is 0 Å². The van der Waals surface area contributed by atoms with Crippen LogP contribution in [0.1, 0.15) is 12.1 Å². The summed E-state index contributed by atoms with van der Waals surface area (Å²) >= 11 is 0. The summed E-state index contributed by atoms with van der Waals surface area (Å²) in [4.78, 5) is 3.93. The molecule has 0 radical (unpaired) electrons. The zero-order valence-corrected chi connectivity index (χ0v) is 10.9. The highest BCUT2D eigenvalue weighted by Crippen LogP contribution is 2.37. The van der Waals surface area contributed by atoms with E-state index in [1.54, 1.807) is 42.9 Å². The molecule has 3 nitrogen and oxygen atoms in total. The summed E-state index contributed by atoms with van der Waals surface area (Å²) in [6.07, 6.45) is 5.11. The van der Waals surface area contributed by atoms with Gasteiger partial charge in [0, 0.05) is 18.0 Å². The molecule has 6 heteroatoms. The Morgan fingerprint density at radius 1 is 1.19 bits per heavy atom. The van der Waals surface area contributed by atoms with E-state index in [2.05, 4.69) is 15.2 Å². The lowest BCUT2D eigenvalue weighted by atomic mass is 9.92. The van der Waals surface area contributed by atoms with E-state index in [-0.39, 0.29) is 6.42 Å². The molecular weight excluding hydrogens is 279 g/mol. The first-order valence-electron chi connectivity index (χ1n) is 6.45. The first kappa shape index (κ1) is 13.6. The van der Waals surface area contributed by atoms with Gasteiger partial charge in [0.1, 0.15) is 0 Å². The molecular formula is C15H12F3N3. The van der Waals surface area contributed by atoms with Gasteiger partial charge in [-0.25, -0.2) is 0 Å². The summed E-state index contributed by atoms with van der Waals surface area (Å²) in [6.45, 7) is 0. The molecule has 1 N–H and O–H groups in total. The second-order valence-electron chi connectivity index (χ2n) is 4.80. The predicted octanol–water partition coefficient (Wildman–Crippen LogP) is 3.99. The minimum Gasteiger partial charge on any atom is -0.277 e. The predicted molar refractivity (Wildman–Crippen MR) is 73.1 cm³/mol. The van der Waals surface area contributed by atoms with Crippen LogP contribution in [-0.2, 0) is 0 Å². The van der Waals surface area contributed by atoms with Crippen molar-refractivity contribution < 1.29 is 13.2 Å². The number of aromatic nitrogens is 3. The number of halogens is 3. The molecule has 0 bridgehead atoms. The number of allylic oxidation sites excluding steroid dienone is 4. The minimum absolute atomic E-state index is 0.0221. The van der Waals surface area contributed by atoms with E-state index in [9.17, 15) is 13.2 Å². The summed E-state index contributed by atoms with van der Waals surface area (Å²) in [6, 6.07) is 3.59. The van der Waals surface area contributed by atoms with Crippen molar-refractivity contribution in [3.05, 3.63) is 54.6 Å². The van der Waals surface area contributed by atoms with Crippen molar-refractivity contribution in [2.75, 3.05) is 0 Å². The summed E-state index contributed by atoms with van der Waals surface area (Å²) in [5, 5.41) is 6.75. The fraction of sp³-hybridized carbons (Fsp3) is 0.200. The van der Waals surface area contributed by atoms with Gasteiger partial charge in [0.05, 0.1) is 17.8 Å². The van der Waals surface area contributed by atoms with Gasteiger partial charge in [0.2, 0.25) is 0 Å². The molecule has 0 spiro atoms. The van der Waals surface area contributed by atoms with E-state index >= 15 is 0 Å². The fourth-order valence-corrected chi connectivity index (χ4v) is 2.33. The van der Waals surface area contributed by atoms with Crippen molar-refractivity contribution in [1.82, 2.24) is 15.2 Å². The highest BCUT2D eigenvalue weighted by atomic mass is 19.4. The molecule has 21 heavy (non-hydrogen) atoms. The van der Waals surface area contributed by atoms with Crippen LogP contribution in [0.3, 0.4) is 0 Å². The van der Waals surface area contributed by atoms with Gasteiger partial charge in [0.25, 0.3) is 0 Å². The van der Waals surface area contributed by atoms with Crippen LogP contribution in [-0.4, -0.2) is 21.4 Å². The van der Waals surface area contributed by atoms with Crippen LogP contribution in [0.5, 0.6) is 0 Å². The number of hydrogen-bond acceptors (Lipinski definition) is 2. The maximum Gasteiger partial charge on any atom is 0.395 e. The Morgan fingerprint density at radius 3 is 2.67 bits per heavy atom. The first-order chi connectivity index (χ1) is 10.1. The van der Waals surface area contributed by atoms with Crippen LogP contribution in [0.15, 0.2) is 49.0 Å². The van der Waals surface area contributed by atoms with Crippen molar-refractivity contribution in [3.63, 3.8) is 0 Å². The molecule has 1 atom stereocenters. The van der Waals surface area contributed by atoms with Gasteiger partial charge in [-0.05, 0) is 29.7 Å². The third-order valence-corrected chi connectivity index (χ3v) is 3.41. The average Bonchev–Trinajstić information content (AvgIpc) is 2.97. The van der Waals surface area contributed by atoms with Gasteiger partial charge in [-0.3, -0.25) is 10.1 Å². The molecule has 2 aromatic rings. The topological polar surface area (TPSA) is 41.6 Å². The van der Waals surface area contributed by atoms with E-state index in [1.165, 1.54) is 6.08 Å². The molecule has 2 heterocycles. The maximum absolute atomic E-state index is 12.9. The monoisotopic (exact) mass is 291 g/mol. The van der Waals surface area contributed by atoms with E-state index in [0.29, 0.717) is 11.3 Å². The van der Waals surface area contributed by atoms with E-state index < -0.39 is 12.1 Å². The normalized spacial score (nSPS) is 18.6. The Labute approximate surface area is 119 Å². The third kappa shape index (κ3) is 2.74. The summed E-state index contributed by atoms with van der Waals surface area (Å²) in [5.74, 6) is -1.45. The van der Waals surface area contributed by atoms with Crippen molar-refractivity contribution in [1.29, 1.82) is 0 Å². The van der Waals surface area contributed by atoms with Gasteiger partial charge < -0.3 is 0 Å². The number of rotatable bonds is 2. The minimum atomic E-state index is -4.23. The van der Waals surface area contributed by atoms with E-state index in [1.807, 2.05) is 0 Å². The Balaban J connectivity index is 2.01. The number of pyridine rings is 1. The Kier molecular flexibility index (Phi) is 3.37. The van der Waals surface area contributed by atoms with Gasteiger partial charge in [0.15, 0.2) is 0 Å². The van der Waals surface area contributed by atoms with Crippen LogP contribution in [0.2, 0.25) is 0 Å². The zero-order valence-electron chi connectivity index (χ0n) is 10.9. The van der Waals surface area contributed by atoms with Crippen LogP contribution < -0.4 is 0 Å². The largest absolute Gasteiger partial charge is 0.395 e. The quantitative estimate of drug-likeness (QED) is 0.908. The second kappa shape index (κ2) is 5.20. The molecule has 0 saturated carbocycles. The van der Waals surface area contributed by atoms with E-state index in [4.69, 9.17) is 0 Å². The number of alkyl halides is 3. The Morgan fingerprint density at radius 2 is 1.95 bits per heavy atom. The first-order valence-corrected chi connectivity index (χ1v) is 6.45. The fourth-order valence-electron chi connectivity index (χ4n) is 2.33. The summed E-state index contributed by atoms with van der Waals surface area (Å²) in [5.41, 5.74) is 2.72. The third-order valence-electron chi connectivity index (χ3n) is 3.41. The van der Waals surface area contributed by atoms with Crippen molar-refractivity contribution >= 4 is 5.57 Å². The number of nitrogens with zero attached hydrogens (tertiary/aromatic N) is 2. The molecule has 0 aromatic carbocycles. The highest BCUT2D eigenvalue weighted by Gasteiger charge is 2.38. The maximum atomic E-state index is 12.9. The van der Waals surface area contributed by atoms with Crippen LogP contribution in [0.4, 0.5) is 13.2 Å². The molecule has 2 aromatic heterocycles. The molecule has 108 valence electrons. The highest BCUT2D eigenvalue weighted by molar-refractivity contribution is 5.83. The number of aromatic amines is 1. The number of nitrogens with one attached hydrogen (secondary N) is 1. The Bertz CT molecular complexity index is 684. The van der Waals surface area contributed by atoms with E-state index in [0.717, 1.165) is 11.1 Å². The smallest absolute Gasteiger partial charge is 0.277 e. The molecule has 0 saturated heterocycles. The molecule has 1 aliphatic carbocycles. The lowest BCUT2D eigenvalue weighted by Crippen LogP contribution is -2.21. The average molecular weight is 291 g/mol. The molecule has 0 fully saturated rings. The standard InChI is InChI=1S/C15H12F3N3/c16-15(17,18)12-3-1-2-11(8-12)14-13(9-20-21-14)10-4-6-19-7-5-10/h1-2,4-9,12H,3H2,(H,20,21). The zero-order chi connectivity index (χ0) is 14.9. The van der Waals surface area contributed by atoms with Crippen molar-refractivity contribution in [2.24, 2.45) is 5.92 Å². The van der Waals surface area contributed by atoms with Crippen LogP contribution in [0.25, 0.3) is 16.7 Å². The molecule has 0 aliphatic heterocycles. The molecule has 3 rings (SSSR count). The van der Waals surface area contributed by atoms with Crippen molar-refractivity contribution in [3.8, 4) is 11.1 Å². The SMILES string of the molecule is FC(F)(F)C1C=C(c2[nH]ncc2-c2ccncc2)C=CC1. The Hall–Kier alpha value is -2.37. The van der Waals surface area contributed by atoms with Gasteiger partial charge >= 0.3 is 6.18 Å². The summed E-state index contributed by atoms with van der Waals surface area (Å²) < 4.78 is 38.6. The van der Waals surface area contributed by atoms with Gasteiger partial charge in [-0.15, -0.1) is 0 Å². The number of hydrogen-bond donors (Lipinski definition) is 1. The molecule has 0 amide bonds. The van der Waals surface area contributed by atoms with Gasteiger partial charge in [-0.2, -0.15) is 18.3 Å². The molecule has 1 unspecified atom stereocenters.